The Kier molecular flexibility index (Phi) is 5.17. The summed E-state index contributed by atoms with van der Waals surface area (Å²) in [4.78, 5) is 0.337. The Morgan fingerprint density at radius 2 is 1.79 bits per heavy atom. The lowest BCUT2D eigenvalue weighted by Crippen LogP contribution is -2.25. The monoisotopic (exact) mass is 341 g/mol. The summed E-state index contributed by atoms with van der Waals surface area (Å²) in [7, 11) is -3.39. The Bertz CT molecular complexity index is 795. The van der Waals surface area contributed by atoms with Crippen LogP contribution in [0.4, 0.5) is 0 Å². The Hall–Kier alpha value is -1.91. The summed E-state index contributed by atoms with van der Waals surface area (Å²) in [5.74, 6) is 1.17. The van der Waals surface area contributed by atoms with Gasteiger partial charge in [0.25, 0.3) is 0 Å². The summed E-state index contributed by atoms with van der Waals surface area (Å²) >= 11 is 0. The fourth-order valence-corrected chi connectivity index (χ4v) is 3.86. The molecule has 1 fully saturated rings. The van der Waals surface area contributed by atoms with Gasteiger partial charge in [-0.3, -0.25) is 0 Å². The smallest absolute Gasteiger partial charge is 0.211 e. The molecule has 24 heavy (non-hydrogen) atoms. The van der Waals surface area contributed by atoms with Crippen molar-refractivity contribution in [3.63, 3.8) is 0 Å². The van der Waals surface area contributed by atoms with Crippen LogP contribution in [0.5, 0.6) is 0 Å². The van der Waals surface area contributed by atoms with Crippen molar-refractivity contribution in [2.24, 2.45) is 11.8 Å². The average molecular weight is 341 g/mol. The minimum absolute atomic E-state index is 0.337. The molecule has 1 N–H and O–H groups in total. The summed E-state index contributed by atoms with van der Waals surface area (Å²) in [5, 5.41) is 0. The van der Waals surface area contributed by atoms with Gasteiger partial charge in [0.15, 0.2) is 0 Å². The summed E-state index contributed by atoms with van der Waals surface area (Å²) < 4.78 is 27.1. The number of sulfonamides is 1. The van der Waals surface area contributed by atoms with Gasteiger partial charge in [0.2, 0.25) is 10.0 Å². The standard InChI is InChI=1S/C20H23NO2S/c1-16-7-11-20(12-8-16)24(22,23)21-14-13-19-15-18(19)10-9-17-5-3-2-4-6-17/h2-12,18-19,21H,13-15H2,1H3/b10-9+/t18-,19-/m1/s1. The van der Waals surface area contributed by atoms with Crippen molar-refractivity contribution >= 4 is 16.1 Å². The zero-order valence-electron chi connectivity index (χ0n) is 13.9. The summed E-state index contributed by atoms with van der Waals surface area (Å²) in [6.07, 6.45) is 6.43. The Balaban J connectivity index is 1.44. The second-order valence-corrected chi connectivity index (χ2v) is 8.20. The van der Waals surface area contributed by atoms with E-state index in [0.717, 1.165) is 18.4 Å². The number of hydrogen-bond acceptors (Lipinski definition) is 2. The molecule has 126 valence electrons. The van der Waals surface area contributed by atoms with Crippen LogP contribution in [-0.4, -0.2) is 15.0 Å². The Labute approximate surface area is 144 Å². The van der Waals surface area contributed by atoms with Crippen molar-refractivity contribution in [3.05, 3.63) is 71.8 Å². The molecule has 1 aliphatic rings. The first-order valence-corrected chi connectivity index (χ1v) is 9.82. The average Bonchev–Trinajstić information content (AvgIpc) is 3.32. The van der Waals surface area contributed by atoms with E-state index >= 15 is 0 Å². The summed E-state index contributed by atoms with van der Waals surface area (Å²) in [6, 6.07) is 17.2. The number of rotatable bonds is 7. The largest absolute Gasteiger partial charge is 0.240 e. The molecule has 0 bridgehead atoms. The Morgan fingerprint density at radius 3 is 2.50 bits per heavy atom. The quantitative estimate of drug-likeness (QED) is 0.827. The fraction of sp³-hybridized carbons (Fsp3) is 0.300. The molecule has 0 aromatic heterocycles. The van der Waals surface area contributed by atoms with Crippen LogP contribution in [-0.2, 0) is 10.0 Å². The molecule has 2 aromatic rings. The van der Waals surface area contributed by atoms with E-state index in [4.69, 9.17) is 0 Å². The van der Waals surface area contributed by atoms with Gasteiger partial charge in [-0.05, 0) is 49.3 Å². The van der Waals surface area contributed by atoms with Gasteiger partial charge in [-0.25, -0.2) is 13.1 Å². The van der Waals surface area contributed by atoms with Gasteiger partial charge >= 0.3 is 0 Å². The highest BCUT2D eigenvalue weighted by Gasteiger charge is 2.34. The van der Waals surface area contributed by atoms with E-state index in [2.05, 4.69) is 29.0 Å². The van der Waals surface area contributed by atoms with Crippen LogP contribution >= 0.6 is 0 Å². The highest BCUT2D eigenvalue weighted by Crippen LogP contribution is 2.42. The maximum atomic E-state index is 12.2. The highest BCUT2D eigenvalue weighted by molar-refractivity contribution is 7.89. The molecular weight excluding hydrogens is 318 g/mol. The molecule has 4 heteroatoms. The molecule has 1 aliphatic carbocycles. The molecular formula is C20H23NO2S. The summed E-state index contributed by atoms with van der Waals surface area (Å²) in [6.45, 7) is 2.44. The van der Waals surface area contributed by atoms with Gasteiger partial charge in [-0.1, -0.05) is 60.2 Å². The van der Waals surface area contributed by atoms with Crippen molar-refractivity contribution in [1.29, 1.82) is 0 Å². The normalized spacial score (nSPS) is 20.4. The molecule has 3 rings (SSSR count). The topological polar surface area (TPSA) is 46.2 Å². The number of aryl methyl sites for hydroxylation is 1. The minimum Gasteiger partial charge on any atom is -0.211 e. The van der Waals surface area contributed by atoms with Crippen molar-refractivity contribution in [1.82, 2.24) is 4.72 Å². The van der Waals surface area contributed by atoms with Crippen LogP contribution in [0.25, 0.3) is 6.08 Å². The van der Waals surface area contributed by atoms with Crippen LogP contribution in [0.2, 0.25) is 0 Å². The minimum atomic E-state index is -3.39. The Morgan fingerprint density at radius 1 is 1.08 bits per heavy atom. The number of hydrogen-bond donors (Lipinski definition) is 1. The van der Waals surface area contributed by atoms with Crippen molar-refractivity contribution in [2.75, 3.05) is 6.54 Å². The fourth-order valence-electron chi connectivity index (χ4n) is 2.82. The lowest BCUT2D eigenvalue weighted by molar-refractivity contribution is 0.573. The predicted octanol–water partition coefficient (Wildman–Crippen LogP) is 4.01. The molecule has 0 heterocycles. The third kappa shape index (κ3) is 4.56. The maximum Gasteiger partial charge on any atom is 0.240 e. The van der Waals surface area contributed by atoms with E-state index in [1.165, 1.54) is 5.56 Å². The van der Waals surface area contributed by atoms with Gasteiger partial charge in [0, 0.05) is 6.54 Å². The number of allylic oxidation sites excluding steroid dienone is 1. The first-order chi connectivity index (χ1) is 11.5. The van der Waals surface area contributed by atoms with E-state index in [-0.39, 0.29) is 0 Å². The van der Waals surface area contributed by atoms with Gasteiger partial charge in [-0.2, -0.15) is 0 Å². The number of nitrogens with one attached hydrogen (secondary N) is 1. The van der Waals surface area contributed by atoms with Crippen LogP contribution in [0.1, 0.15) is 24.0 Å². The molecule has 0 aliphatic heterocycles. The molecule has 3 nitrogen and oxygen atoms in total. The van der Waals surface area contributed by atoms with Gasteiger partial charge in [-0.15, -0.1) is 0 Å². The lowest BCUT2D eigenvalue weighted by atomic mass is 10.1. The van der Waals surface area contributed by atoms with E-state index in [1.54, 1.807) is 12.1 Å². The van der Waals surface area contributed by atoms with E-state index in [9.17, 15) is 8.42 Å². The molecule has 0 spiro atoms. The predicted molar refractivity (Wildman–Crippen MR) is 98.1 cm³/mol. The van der Waals surface area contributed by atoms with Crippen molar-refractivity contribution in [3.8, 4) is 0 Å². The molecule has 2 atom stereocenters. The van der Waals surface area contributed by atoms with Gasteiger partial charge in [0.05, 0.1) is 4.90 Å². The van der Waals surface area contributed by atoms with Crippen LogP contribution in [0.15, 0.2) is 65.6 Å². The lowest BCUT2D eigenvalue weighted by Gasteiger charge is -2.06. The first-order valence-electron chi connectivity index (χ1n) is 8.34. The molecule has 0 unspecified atom stereocenters. The second-order valence-electron chi connectivity index (χ2n) is 6.43. The third-order valence-corrected chi connectivity index (χ3v) is 5.93. The molecule has 0 amide bonds. The van der Waals surface area contributed by atoms with Crippen molar-refractivity contribution < 1.29 is 8.42 Å². The van der Waals surface area contributed by atoms with E-state index < -0.39 is 10.0 Å². The SMILES string of the molecule is Cc1ccc(S(=O)(=O)NCC[C@@H]2C[C@H]2/C=C/c2ccccc2)cc1. The van der Waals surface area contributed by atoms with Crippen LogP contribution < -0.4 is 4.72 Å². The van der Waals surface area contributed by atoms with Crippen molar-refractivity contribution in [2.45, 2.75) is 24.7 Å². The van der Waals surface area contributed by atoms with E-state index in [1.807, 2.05) is 37.3 Å². The zero-order chi connectivity index (χ0) is 17.0. The molecule has 2 aromatic carbocycles. The molecule has 1 saturated carbocycles. The summed E-state index contributed by atoms with van der Waals surface area (Å²) in [5.41, 5.74) is 2.27. The maximum absolute atomic E-state index is 12.2. The molecule has 0 radical (unpaired) electrons. The van der Waals surface area contributed by atoms with Crippen LogP contribution in [0.3, 0.4) is 0 Å². The van der Waals surface area contributed by atoms with Gasteiger partial charge in [0.1, 0.15) is 0 Å². The van der Waals surface area contributed by atoms with Crippen LogP contribution in [0, 0.1) is 18.8 Å². The second kappa shape index (κ2) is 7.32. The highest BCUT2D eigenvalue weighted by atomic mass is 32.2. The van der Waals surface area contributed by atoms with E-state index in [0.29, 0.717) is 23.3 Å². The number of benzene rings is 2. The molecule has 0 saturated heterocycles. The third-order valence-electron chi connectivity index (χ3n) is 4.45. The van der Waals surface area contributed by atoms with Gasteiger partial charge < -0.3 is 0 Å². The zero-order valence-corrected chi connectivity index (χ0v) is 14.7. The first kappa shape index (κ1) is 16.9.